The van der Waals surface area contributed by atoms with Crippen molar-refractivity contribution in [2.45, 2.75) is 37.8 Å². The number of ether oxygens (including phenoxy) is 1. The van der Waals surface area contributed by atoms with Crippen molar-refractivity contribution < 1.29 is 24.5 Å². The summed E-state index contributed by atoms with van der Waals surface area (Å²) in [7, 11) is 1.39. The van der Waals surface area contributed by atoms with Gasteiger partial charge in [0, 0.05) is 26.3 Å². The molecule has 7 heteroatoms. The second kappa shape index (κ2) is 7.96. The lowest BCUT2D eigenvalue weighted by atomic mass is 9.91. The summed E-state index contributed by atoms with van der Waals surface area (Å²) in [6.45, 7) is 0.378. The lowest BCUT2D eigenvalue weighted by molar-refractivity contribution is -0.140. The van der Waals surface area contributed by atoms with E-state index in [-0.39, 0.29) is 19.3 Å². The number of aliphatic hydroxyl groups is 1. The van der Waals surface area contributed by atoms with Crippen molar-refractivity contribution in [1.82, 2.24) is 10.2 Å². The second-order valence-electron chi connectivity index (χ2n) is 4.65. The minimum Gasteiger partial charge on any atom is -0.480 e. The monoisotopic (exact) mass is 274 g/mol. The van der Waals surface area contributed by atoms with Crippen molar-refractivity contribution in [2.75, 3.05) is 26.9 Å². The van der Waals surface area contributed by atoms with Gasteiger partial charge < -0.3 is 25.2 Å². The SMILES string of the molecule is COCC(NC(=O)N(CCCO)C1CCC1)C(=O)O. The third-order valence-electron chi connectivity index (χ3n) is 3.26. The van der Waals surface area contributed by atoms with Crippen LogP contribution >= 0.6 is 0 Å². The van der Waals surface area contributed by atoms with Crippen LogP contribution < -0.4 is 5.32 Å². The number of carbonyl (C=O) groups is 2. The average Bonchev–Trinajstić information content (AvgIpc) is 2.31. The van der Waals surface area contributed by atoms with E-state index in [0.717, 1.165) is 19.3 Å². The number of nitrogens with one attached hydrogen (secondary N) is 1. The number of hydrogen-bond donors (Lipinski definition) is 3. The predicted octanol–water partition coefficient (Wildman–Crippen LogP) is 0.0325. The number of aliphatic carboxylic acids is 1. The number of aliphatic hydroxyl groups excluding tert-OH is 1. The lowest BCUT2D eigenvalue weighted by Crippen LogP contribution is -2.54. The van der Waals surface area contributed by atoms with Gasteiger partial charge >= 0.3 is 12.0 Å². The number of amides is 2. The molecule has 0 bridgehead atoms. The molecular weight excluding hydrogens is 252 g/mol. The predicted molar refractivity (Wildman–Crippen MR) is 67.9 cm³/mol. The molecule has 0 saturated heterocycles. The van der Waals surface area contributed by atoms with Gasteiger partial charge in [0.25, 0.3) is 0 Å². The summed E-state index contributed by atoms with van der Waals surface area (Å²) in [5.74, 6) is -1.12. The molecule has 1 atom stereocenters. The van der Waals surface area contributed by atoms with Crippen LogP contribution in [0.3, 0.4) is 0 Å². The first-order chi connectivity index (χ1) is 9.10. The molecule has 1 saturated carbocycles. The first-order valence-corrected chi connectivity index (χ1v) is 6.50. The molecule has 0 spiro atoms. The average molecular weight is 274 g/mol. The van der Waals surface area contributed by atoms with E-state index in [2.05, 4.69) is 5.32 Å². The van der Waals surface area contributed by atoms with E-state index >= 15 is 0 Å². The summed E-state index contributed by atoms with van der Waals surface area (Å²) in [5, 5.41) is 20.3. The molecule has 0 aromatic rings. The van der Waals surface area contributed by atoms with Gasteiger partial charge in [-0.25, -0.2) is 9.59 Å². The minimum atomic E-state index is -1.12. The summed E-state index contributed by atoms with van der Waals surface area (Å²) in [6.07, 6.45) is 3.43. The first-order valence-electron chi connectivity index (χ1n) is 6.50. The normalized spacial score (nSPS) is 16.5. The molecule has 0 aliphatic heterocycles. The molecule has 110 valence electrons. The maximum absolute atomic E-state index is 12.1. The van der Waals surface area contributed by atoms with Crippen LogP contribution in [-0.2, 0) is 9.53 Å². The van der Waals surface area contributed by atoms with Crippen LogP contribution in [0.1, 0.15) is 25.7 Å². The van der Waals surface area contributed by atoms with Crippen molar-refractivity contribution in [3.05, 3.63) is 0 Å². The number of hydrogen-bond acceptors (Lipinski definition) is 4. The number of rotatable bonds is 8. The Morgan fingerprint density at radius 1 is 1.47 bits per heavy atom. The van der Waals surface area contributed by atoms with Crippen LogP contribution in [0.5, 0.6) is 0 Å². The van der Waals surface area contributed by atoms with E-state index in [4.69, 9.17) is 14.9 Å². The highest BCUT2D eigenvalue weighted by Gasteiger charge is 2.30. The Kier molecular flexibility index (Phi) is 6.58. The van der Waals surface area contributed by atoms with Crippen LogP contribution in [0.4, 0.5) is 4.79 Å². The molecule has 3 N–H and O–H groups in total. The first kappa shape index (κ1) is 15.7. The van der Waals surface area contributed by atoms with Gasteiger partial charge in [0.1, 0.15) is 0 Å². The Hall–Kier alpha value is -1.34. The molecule has 1 rings (SSSR count). The highest BCUT2D eigenvalue weighted by molar-refractivity contribution is 5.82. The van der Waals surface area contributed by atoms with Gasteiger partial charge in [-0.2, -0.15) is 0 Å². The summed E-state index contributed by atoms with van der Waals surface area (Å²) < 4.78 is 4.77. The Labute approximate surface area is 112 Å². The molecular formula is C12H22N2O5. The Morgan fingerprint density at radius 2 is 2.16 bits per heavy atom. The quantitative estimate of drug-likeness (QED) is 0.580. The second-order valence-corrected chi connectivity index (χ2v) is 4.65. The highest BCUT2D eigenvalue weighted by atomic mass is 16.5. The van der Waals surface area contributed by atoms with E-state index < -0.39 is 18.0 Å². The number of carboxylic acids is 1. The smallest absolute Gasteiger partial charge is 0.328 e. The van der Waals surface area contributed by atoms with Crippen molar-refractivity contribution in [1.29, 1.82) is 0 Å². The van der Waals surface area contributed by atoms with Gasteiger partial charge in [-0.1, -0.05) is 0 Å². The summed E-state index contributed by atoms with van der Waals surface area (Å²) >= 11 is 0. The summed E-state index contributed by atoms with van der Waals surface area (Å²) in [4.78, 5) is 24.7. The van der Waals surface area contributed by atoms with E-state index in [0.29, 0.717) is 13.0 Å². The fraction of sp³-hybridized carbons (Fsp3) is 0.833. The summed E-state index contributed by atoms with van der Waals surface area (Å²) in [6, 6.07) is -1.29. The number of carbonyl (C=O) groups excluding carboxylic acids is 1. The maximum atomic E-state index is 12.1. The third kappa shape index (κ3) is 4.68. The zero-order valence-electron chi connectivity index (χ0n) is 11.2. The Balaban J connectivity index is 2.56. The van der Waals surface area contributed by atoms with E-state index in [1.165, 1.54) is 7.11 Å². The summed E-state index contributed by atoms with van der Waals surface area (Å²) in [5.41, 5.74) is 0. The molecule has 0 radical (unpaired) electrons. The molecule has 1 aliphatic carbocycles. The molecule has 0 aromatic heterocycles. The fourth-order valence-corrected chi connectivity index (χ4v) is 1.96. The number of methoxy groups -OCH3 is 1. The third-order valence-corrected chi connectivity index (χ3v) is 3.26. The van der Waals surface area contributed by atoms with Crippen LogP contribution in [0, 0.1) is 0 Å². The minimum absolute atomic E-state index is 0.0108. The van der Waals surface area contributed by atoms with Crippen molar-refractivity contribution in [3.8, 4) is 0 Å². The number of urea groups is 1. The molecule has 7 nitrogen and oxygen atoms in total. The molecule has 19 heavy (non-hydrogen) atoms. The van der Waals surface area contributed by atoms with Crippen molar-refractivity contribution in [2.24, 2.45) is 0 Å². The number of carboxylic acid groups (broad SMARTS) is 1. The van der Waals surface area contributed by atoms with Gasteiger partial charge in [0.05, 0.1) is 6.61 Å². The van der Waals surface area contributed by atoms with Crippen LogP contribution in [0.15, 0.2) is 0 Å². The highest BCUT2D eigenvalue weighted by Crippen LogP contribution is 2.25. The lowest BCUT2D eigenvalue weighted by Gasteiger charge is -2.38. The standard InChI is InChI=1S/C12H22N2O5/c1-19-8-10(11(16)17)13-12(18)14(6-3-7-15)9-4-2-5-9/h9-10,15H,2-8H2,1H3,(H,13,18)(H,16,17). The molecule has 0 aromatic carbocycles. The van der Waals surface area contributed by atoms with Gasteiger partial charge in [0.15, 0.2) is 6.04 Å². The van der Waals surface area contributed by atoms with Crippen molar-refractivity contribution >= 4 is 12.0 Å². The van der Waals surface area contributed by atoms with E-state index in [1.54, 1.807) is 4.90 Å². The molecule has 0 heterocycles. The molecule has 1 fully saturated rings. The molecule has 1 unspecified atom stereocenters. The molecule has 1 aliphatic rings. The zero-order valence-corrected chi connectivity index (χ0v) is 11.2. The number of nitrogens with zero attached hydrogens (tertiary/aromatic N) is 1. The van der Waals surface area contributed by atoms with Gasteiger partial charge in [-0.05, 0) is 25.7 Å². The molecule has 2 amide bonds. The van der Waals surface area contributed by atoms with Gasteiger partial charge in [-0.3, -0.25) is 0 Å². The fourth-order valence-electron chi connectivity index (χ4n) is 1.96. The Morgan fingerprint density at radius 3 is 2.58 bits per heavy atom. The van der Waals surface area contributed by atoms with Crippen LogP contribution in [-0.4, -0.2) is 66.1 Å². The largest absolute Gasteiger partial charge is 0.480 e. The Bertz CT molecular complexity index is 306. The van der Waals surface area contributed by atoms with E-state index in [1.807, 2.05) is 0 Å². The van der Waals surface area contributed by atoms with Crippen LogP contribution in [0.25, 0.3) is 0 Å². The van der Waals surface area contributed by atoms with Gasteiger partial charge in [0.2, 0.25) is 0 Å². The van der Waals surface area contributed by atoms with E-state index in [9.17, 15) is 9.59 Å². The maximum Gasteiger partial charge on any atom is 0.328 e. The topological polar surface area (TPSA) is 99.1 Å². The zero-order chi connectivity index (χ0) is 14.3. The van der Waals surface area contributed by atoms with Gasteiger partial charge in [-0.15, -0.1) is 0 Å². The van der Waals surface area contributed by atoms with Crippen LogP contribution in [0.2, 0.25) is 0 Å². The van der Waals surface area contributed by atoms with Crippen molar-refractivity contribution in [3.63, 3.8) is 0 Å².